The van der Waals surface area contributed by atoms with Gasteiger partial charge >= 0.3 is 0 Å². The summed E-state index contributed by atoms with van der Waals surface area (Å²) in [5.41, 5.74) is 0. The molecule has 0 aliphatic carbocycles. The van der Waals surface area contributed by atoms with Crippen LogP contribution in [0.15, 0.2) is 15.0 Å². The second-order valence-corrected chi connectivity index (χ2v) is 3.40. The molecule has 0 aromatic heterocycles. The molecule has 0 unspecified atom stereocenters. The summed E-state index contributed by atoms with van der Waals surface area (Å²) >= 11 is 5.48. The van der Waals surface area contributed by atoms with Gasteiger partial charge in [-0.25, -0.2) is 8.78 Å². The predicted molar refractivity (Wildman–Crippen MR) is 43.4 cm³/mol. The molecule has 1 rings (SSSR count). The van der Waals surface area contributed by atoms with Crippen molar-refractivity contribution in [2.45, 2.75) is 0 Å². The summed E-state index contributed by atoms with van der Waals surface area (Å²) in [6.45, 7) is 0. The highest BCUT2D eigenvalue weighted by molar-refractivity contribution is 9.11. The maximum absolute atomic E-state index is 12.6. The zero-order valence-corrected chi connectivity index (χ0v) is 8.21. The van der Waals surface area contributed by atoms with Gasteiger partial charge in [0.15, 0.2) is 0 Å². The maximum atomic E-state index is 12.6. The fraction of sp³-hybridized carbons (Fsp3) is 0. The SMILES string of the molecule is Oc1c(Br)c(F)cc(F)c1Br. The highest BCUT2D eigenvalue weighted by Gasteiger charge is 2.13. The first-order chi connectivity index (χ1) is 5.04. The summed E-state index contributed by atoms with van der Waals surface area (Å²) in [5.74, 6) is -2.13. The minimum absolute atomic E-state index is 0.147. The Kier molecular flexibility index (Phi) is 2.49. The number of benzene rings is 1. The van der Waals surface area contributed by atoms with Crippen molar-refractivity contribution in [1.29, 1.82) is 0 Å². The van der Waals surface area contributed by atoms with Crippen molar-refractivity contribution in [3.8, 4) is 5.75 Å². The van der Waals surface area contributed by atoms with Gasteiger partial charge in [-0.05, 0) is 31.9 Å². The predicted octanol–water partition coefficient (Wildman–Crippen LogP) is 3.20. The zero-order chi connectivity index (χ0) is 8.59. The van der Waals surface area contributed by atoms with E-state index in [-0.39, 0.29) is 8.95 Å². The van der Waals surface area contributed by atoms with Gasteiger partial charge in [-0.1, -0.05) is 0 Å². The largest absolute Gasteiger partial charge is 0.505 e. The van der Waals surface area contributed by atoms with E-state index in [2.05, 4.69) is 31.9 Å². The molecular formula is C6H2Br2F2O. The molecule has 1 aromatic carbocycles. The van der Waals surface area contributed by atoms with Crippen molar-refractivity contribution in [2.75, 3.05) is 0 Å². The van der Waals surface area contributed by atoms with Crippen LogP contribution in [-0.2, 0) is 0 Å². The smallest absolute Gasteiger partial charge is 0.149 e. The van der Waals surface area contributed by atoms with Gasteiger partial charge in [-0.2, -0.15) is 0 Å². The lowest BCUT2D eigenvalue weighted by molar-refractivity contribution is 0.450. The van der Waals surface area contributed by atoms with Gasteiger partial charge in [-0.15, -0.1) is 0 Å². The van der Waals surface area contributed by atoms with Crippen molar-refractivity contribution in [1.82, 2.24) is 0 Å². The van der Waals surface area contributed by atoms with Crippen LogP contribution in [0.2, 0.25) is 0 Å². The molecule has 0 amide bonds. The molecule has 1 aromatic rings. The average molecular weight is 288 g/mol. The van der Waals surface area contributed by atoms with Crippen LogP contribution in [0.5, 0.6) is 5.75 Å². The Hall–Kier alpha value is -0.160. The Morgan fingerprint density at radius 2 is 1.45 bits per heavy atom. The molecule has 60 valence electrons. The van der Waals surface area contributed by atoms with E-state index in [1.165, 1.54) is 0 Å². The minimum atomic E-state index is -0.830. The monoisotopic (exact) mass is 286 g/mol. The Labute approximate surface area is 78.3 Å². The number of phenols is 1. The van der Waals surface area contributed by atoms with Crippen LogP contribution in [0.25, 0.3) is 0 Å². The Bertz CT molecular complexity index is 275. The third-order valence-corrected chi connectivity index (χ3v) is 2.60. The Morgan fingerprint density at radius 3 is 1.82 bits per heavy atom. The second kappa shape index (κ2) is 3.06. The fourth-order valence-electron chi connectivity index (χ4n) is 0.561. The summed E-state index contributed by atoms with van der Waals surface area (Å²) in [7, 11) is 0. The van der Waals surface area contributed by atoms with Crippen LogP contribution in [0.4, 0.5) is 8.78 Å². The summed E-state index contributed by atoms with van der Waals surface area (Å²) in [5, 5.41) is 8.99. The van der Waals surface area contributed by atoms with Gasteiger partial charge in [0.2, 0.25) is 0 Å². The van der Waals surface area contributed by atoms with E-state index in [1.54, 1.807) is 0 Å². The molecule has 1 N–H and O–H groups in total. The van der Waals surface area contributed by atoms with Crippen molar-refractivity contribution >= 4 is 31.9 Å². The highest BCUT2D eigenvalue weighted by atomic mass is 79.9. The molecular weight excluding hydrogens is 286 g/mol. The normalized spacial score (nSPS) is 10.2. The van der Waals surface area contributed by atoms with E-state index in [0.717, 1.165) is 0 Å². The summed E-state index contributed by atoms with van der Waals surface area (Å²) in [4.78, 5) is 0. The summed E-state index contributed by atoms with van der Waals surface area (Å²) < 4.78 is 24.8. The number of phenolic OH excluding ortho intramolecular Hbond substituents is 1. The van der Waals surface area contributed by atoms with Crippen LogP contribution in [-0.4, -0.2) is 5.11 Å². The van der Waals surface area contributed by atoms with E-state index < -0.39 is 17.4 Å². The number of halogens is 4. The Balaban J connectivity index is 3.46. The van der Waals surface area contributed by atoms with Gasteiger partial charge in [0.1, 0.15) is 17.4 Å². The third kappa shape index (κ3) is 1.54. The van der Waals surface area contributed by atoms with E-state index in [0.29, 0.717) is 6.07 Å². The highest BCUT2D eigenvalue weighted by Crippen LogP contribution is 2.35. The van der Waals surface area contributed by atoms with Crippen LogP contribution in [0, 0.1) is 11.6 Å². The fourth-order valence-corrected chi connectivity index (χ4v) is 1.45. The molecule has 5 heteroatoms. The van der Waals surface area contributed by atoms with Crippen molar-refractivity contribution in [2.24, 2.45) is 0 Å². The molecule has 0 aliphatic heterocycles. The molecule has 0 saturated carbocycles. The molecule has 0 radical (unpaired) electrons. The topological polar surface area (TPSA) is 20.2 Å². The number of hydrogen-bond acceptors (Lipinski definition) is 1. The molecule has 0 fully saturated rings. The number of hydrogen-bond donors (Lipinski definition) is 1. The summed E-state index contributed by atoms with van der Waals surface area (Å²) in [6, 6.07) is 0.674. The quantitative estimate of drug-likeness (QED) is 0.727. The first-order valence-electron chi connectivity index (χ1n) is 2.56. The van der Waals surface area contributed by atoms with Crippen LogP contribution in [0.1, 0.15) is 0 Å². The van der Waals surface area contributed by atoms with E-state index >= 15 is 0 Å². The minimum Gasteiger partial charge on any atom is -0.505 e. The lowest BCUT2D eigenvalue weighted by Gasteiger charge is -2.01. The van der Waals surface area contributed by atoms with Crippen molar-refractivity contribution in [3.63, 3.8) is 0 Å². The number of rotatable bonds is 0. The van der Waals surface area contributed by atoms with E-state index in [4.69, 9.17) is 5.11 Å². The molecule has 1 nitrogen and oxygen atoms in total. The van der Waals surface area contributed by atoms with Crippen LogP contribution >= 0.6 is 31.9 Å². The van der Waals surface area contributed by atoms with Crippen molar-refractivity contribution in [3.05, 3.63) is 26.6 Å². The molecule has 0 aliphatic rings. The molecule has 0 spiro atoms. The van der Waals surface area contributed by atoms with Crippen LogP contribution in [0.3, 0.4) is 0 Å². The lowest BCUT2D eigenvalue weighted by atomic mass is 10.3. The third-order valence-electron chi connectivity index (χ3n) is 1.09. The number of aromatic hydroxyl groups is 1. The van der Waals surface area contributed by atoms with Gasteiger partial charge in [-0.3, -0.25) is 0 Å². The van der Waals surface area contributed by atoms with E-state index in [1.807, 2.05) is 0 Å². The van der Waals surface area contributed by atoms with E-state index in [9.17, 15) is 8.78 Å². The average Bonchev–Trinajstić information content (AvgIpc) is 1.97. The molecule has 11 heavy (non-hydrogen) atoms. The van der Waals surface area contributed by atoms with Gasteiger partial charge in [0.25, 0.3) is 0 Å². The first-order valence-corrected chi connectivity index (χ1v) is 4.14. The van der Waals surface area contributed by atoms with Gasteiger partial charge in [0, 0.05) is 6.07 Å². The van der Waals surface area contributed by atoms with Crippen molar-refractivity contribution < 1.29 is 13.9 Å². The zero-order valence-electron chi connectivity index (χ0n) is 5.04. The molecule has 0 saturated heterocycles. The molecule has 0 bridgehead atoms. The molecule has 0 heterocycles. The maximum Gasteiger partial charge on any atom is 0.149 e. The summed E-state index contributed by atoms with van der Waals surface area (Å²) in [6.07, 6.45) is 0. The van der Waals surface area contributed by atoms with Gasteiger partial charge in [0.05, 0.1) is 8.95 Å². The first kappa shape index (κ1) is 8.93. The lowest BCUT2D eigenvalue weighted by Crippen LogP contribution is -1.84. The molecule has 0 atom stereocenters. The Morgan fingerprint density at radius 1 is 1.09 bits per heavy atom. The standard InChI is InChI=1S/C6H2Br2F2O/c7-4-2(9)1-3(10)5(8)6(4)11/h1,11H. The second-order valence-electron chi connectivity index (χ2n) is 1.82. The van der Waals surface area contributed by atoms with Crippen LogP contribution < -0.4 is 0 Å². The van der Waals surface area contributed by atoms with Gasteiger partial charge < -0.3 is 5.11 Å².